The van der Waals surface area contributed by atoms with Gasteiger partial charge in [0.2, 0.25) is 0 Å². The van der Waals surface area contributed by atoms with Gasteiger partial charge in [0.05, 0.1) is 0 Å². The van der Waals surface area contributed by atoms with Gasteiger partial charge in [-0.3, -0.25) is 0 Å². The fourth-order valence-electron chi connectivity index (χ4n) is 0.655. The van der Waals surface area contributed by atoms with Crippen LogP contribution in [0, 0.1) is 12.3 Å². The molecule has 0 aromatic heterocycles. The number of halogens is 1. The van der Waals surface area contributed by atoms with Gasteiger partial charge < -0.3 is 5.41 Å². The van der Waals surface area contributed by atoms with E-state index in [1.165, 1.54) is 6.92 Å². The van der Waals surface area contributed by atoms with Crippen molar-refractivity contribution in [1.29, 1.82) is 5.41 Å². The fourth-order valence-corrected chi connectivity index (χ4v) is 0.655. The van der Waals surface area contributed by atoms with Crippen molar-refractivity contribution in [2.24, 2.45) is 0 Å². The van der Waals surface area contributed by atoms with Crippen molar-refractivity contribution in [1.82, 2.24) is 0 Å². The molecule has 0 amide bonds. The fraction of sp³-hybridized carbons (Fsp3) is 0.714. The summed E-state index contributed by atoms with van der Waals surface area (Å²) in [5.74, 6) is 0. The Bertz CT molecular complexity index is 88.9. The molecule has 0 bridgehead atoms. The number of nitrogens with one attached hydrogen (secondary N) is 1. The molecule has 9 heavy (non-hydrogen) atoms. The summed E-state index contributed by atoms with van der Waals surface area (Å²) in [7, 11) is 0. The predicted molar refractivity (Wildman–Crippen MR) is 37.5 cm³/mol. The molecule has 0 aliphatic heterocycles. The number of hydrogen-bond donors (Lipinski definition) is 1. The molecule has 0 fully saturated rings. The molecule has 1 nitrogen and oxygen atoms in total. The molecule has 0 aliphatic rings. The van der Waals surface area contributed by atoms with E-state index in [-0.39, 0.29) is 6.42 Å². The maximum Gasteiger partial charge on any atom is 0.102 e. The van der Waals surface area contributed by atoms with Crippen LogP contribution < -0.4 is 0 Å². The van der Waals surface area contributed by atoms with E-state index in [0.717, 1.165) is 0 Å². The third-order valence-corrected chi connectivity index (χ3v) is 1.01. The van der Waals surface area contributed by atoms with Gasteiger partial charge in [-0.15, -0.1) is 0 Å². The Hall–Kier alpha value is -0.400. The number of alkyl halides is 1. The summed E-state index contributed by atoms with van der Waals surface area (Å²) in [5.41, 5.74) is 0.472. The summed E-state index contributed by atoms with van der Waals surface area (Å²) in [5, 5.41) is 7.14. The Morgan fingerprint density at radius 1 is 1.78 bits per heavy atom. The molecule has 53 valence electrons. The van der Waals surface area contributed by atoms with E-state index >= 15 is 0 Å². The molecule has 0 saturated carbocycles. The predicted octanol–water partition coefficient (Wildman–Crippen LogP) is 2.37. The molecule has 1 atom stereocenters. The van der Waals surface area contributed by atoms with Crippen LogP contribution in [0.3, 0.4) is 0 Å². The molecular weight excluding hydrogens is 117 g/mol. The van der Waals surface area contributed by atoms with E-state index in [1.807, 2.05) is 0 Å². The second kappa shape index (κ2) is 4.48. The molecule has 0 heterocycles. The lowest BCUT2D eigenvalue weighted by Gasteiger charge is -2.00. The summed E-state index contributed by atoms with van der Waals surface area (Å²) < 4.78 is 12.1. The van der Waals surface area contributed by atoms with E-state index in [2.05, 4.69) is 6.92 Å². The Balaban J connectivity index is 3.27. The molecule has 0 rings (SSSR count). The minimum Gasteiger partial charge on any atom is -0.310 e. The van der Waals surface area contributed by atoms with Gasteiger partial charge in [-0.2, -0.15) is 0 Å². The molecule has 0 aromatic rings. The van der Waals surface area contributed by atoms with Crippen LogP contribution in [0.5, 0.6) is 0 Å². The highest BCUT2D eigenvalue weighted by Crippen LogP contribution is 2.01. The molecule has 0 saturated heterocycles. The highest BCUT2D eigenvalue weighted by Gasteiger charge is 2.01. The standard InChI is InChI=1S/C7H13FN/c1-3-4-7(9)5-6(2)8/h6,9H,1,3-5H2,2H3/t6-/m0/s1. The first-order chi connectivity index (χ1) is 4.16. The largest absolute Gasteiger partial charge is 0.310 e. The van der Waals surface area contributed by atoms with Crippen molar-refractivity contribution in [3.63, 3.8) is 0 Å². The van der Waals surface area contributed by atoms with Gasteiger partial charge in [0.25, 0.3) is 0 Å². The average Bonchev–Trinajstić information content (AvgIpc) is 1.63. The van der Waals surface area contributed by atoms with Gasteiger partial charge in [0.1, 0.15) is 6.17 Å². The van der Waals surface area contributed by atoms with Crippen LogP contribution in [0.2, 0.25) is 0 Å². The second-order valence-corrected chi connectivity index (χ2v) is 2.19. The van der Waals surface area contributed by atoms with Crippen molar-refractivity contribution in [3.05, 3.63) is 6.92 Å². The lowest BCUT2D eigenvalue weighted by Crippen LogP contribution is -2.03. The maximum absolute atomic E-state index is 12.1. The van der Waals surface area contributed by atoms with Gasteiger partial charge in [0.15, 0.2) is 0 Å². The van der Waals surface area contributed by atoms with Crippen molar-refractivity contribution in [2.75, 3.05) is 0 Å². The van der Waals surface area contributed by atoms with Gasteiger partial charge in [-0.25, -0.2) is 4.39 Å². The molecule has 0 aliphatic carbocycles. The van der Waals surface area contributed by atoms with Gasteiger partial charge >= 0.3 is 0 Å². The average molecular weight is 130 g/mol. The van der Waals surface area contributed by atoms with E-state index in [1.54, 1.807) is 0 Å². The second-order valence-electron chi connectivity index (χ2n) is 2.19. The summed E-state index contributed by atoms with van der Waals surface area (Å²) in [6.45, 7) is 5.04. The zero-order valence-electron chi connectivity index (χ0n) is 5.78. The monoisotopic (exact) mass is 130 g/mol. The molecule has 0 aromatic carbocycles. The van der Waals surface area contributed by atoms with Crippen LogP contribution in [-0.4, -0.2) is 11.9 Å². The quantitative estimate of drug-likeness (QED) is 0.565. The summed E-state index contributed by atoms with van der Waals surface area (Å²) >= 11 is 0. The first kappa shape index (κ1) is 8.60. The lowest BCUT2D eigenvalue weighted by molar-refractivity contribution is 0.371. The molecule has 1 N–H and O–H groups in total. The van der Waals surface area contributed by atoms with Crippen molar-refractivity contribution in [3.8, 4) is 0 Å². The van der Waals surface area contributed by atoms with Crippen LogP contribution in [0.15, 0.2) is 0 Å². The normalized spacial score (nSPS) is 13.2. The van der Waals surface area contributed by atoms with Crippen molar-refractivity contribution < 1.29 is 4.39 Å². The first-order valence-corrected chi connectivity index (χ1v) is 3.16. The highest BCUT2D eigenvalue weighted by molar-refractivity contribution is 5.81. The molecule has 0 spiro atoms. The molecule has 1 radical (unpaired) electrons. The summed E-state index contributed by atoms with van der Waals surface area (Å²) in [4.78, 5) is 0. The SMILES string of the molecule is [CH2]CCC(=N)C[C@H](C)F. The van der Waals surface area contributed by atoms with Gasteiger partial charge in [-0.05, 0) is 19.8 Å². The maximum atomic E-state index is 12.1. The topological polar surface area (TPSA) is 23.9 Å². The Labute approximate surface area is 55.8 Å². The zero-order chi connectivity index (χ0) is 7.28. The Kier molecular flexibility index (Phi) is 4.28. The number of hydrogen-bond acceptors (Lipinski definition) is 1. The van der Waals surface area contributed by atoms with E-state index < -0.39 is 6.17 Å². The summed E-state index contributed by atoms with van der Waals surface area (Å²) in [6, 6.07) is 0. The van der Waals surface area contributed by atoms with Gasteiger partial charge in [-0.1, -0.05) is 6.92 Å². The Morgan fingerprint density at radius 3 is 2.67 bits per heavy atom. The third kappa shape index (κ3) is 5.47. The first-order valence-electron chi connectivity index (χ1n) is 3.16. The minimum atomic E-state index is -0.871. The van der Waals surface area contributed by atoms with Crippen LogP contribution in [0.4, 0.5) is 4.39 Å². The van der Waals surface area contributed by atoms with Crippen LogP contribution >= 0.6 is 0 Å². The van der Waals surface area contributed by atoms with Crippen molar-refractivity contribution in [2.45, 2.75) is 32.4 Å². The van der Waals surface area contributed by atoms with E-state index in [0.29, 0.717) is 18.6 Å². The minimum absolute atomic E-state index is 0.273. The number of rotatable bonds is 4. The highest BCUT2D eigenvalue weighted by atomic mass is 19.1. The molecule has 2 heteroatoms. The third-order valence-electron chi connectivity index (χ3n) is 1.01. The van der Waals surface area contributed by atoms with Gasteiger partial charge in [0, 0.05) is 12.1 Å². The Morgan fingerprint density at radius 2 is 2.33 bits per heavy atom. The van der Waals surface area contributed by atoms with Crippen LogP contribution in [0.25, 0.3) is 0 Å². The molecule has 0 unspecified atom stereocenters. The van der Waals surface area contributed by atoms with Crippen molar-refractivity contribution >= 4 is 5.71 Å². The van der Waals surface area contributed by atoms with E-state index in [4.69, 9.17) is 5.41 Å². The zero-order valence-corrected chi connectivity index (χ0v) is 5.78. The summed E-state index contributed by atoms with van der Waals surface area (Å²) in [6.07, 6.45) is 0.735. The molecular formula is C7H13FN. The van der Waals surface area contributed by atoms with Crippen LogP contribution in [-0.2, 0) is 0 Å². The van der Waals surface area contributed by atoms with Crippen LogP contribution in [0.1, 0.15) is 26.2 Å². The lowest BCUT2D eigenvalue weighted by atomic mass is 10.1. The van der Waals surface area contributed by atoms with E-state index in [9.17, 15) is 4.39 Å². The smallest absolute Gasteiger partial charge is 0.102 e.